The van der Waals surface area contributed by atoms with E-state index in [9.17, 15) is 15.0 Å². The molecular formula is C17H24N2O5. The molecule has 0 saturated heterocycles. The molecule has 2 unspecified atom stereocenters. The summed E-state index contributed by atoms with van der Waals surface area (Å²) in [5.41, 5.74) is 0.0733. The minimum atomic E-state index is -1.18. The van der Waals surface area contributed by atoms with Gasteiger partial charge in [0.15, 0.2) is 0 Å². The maximum atomic E-state index is 11.5. The summed E-state index contributed by atoms with van der Waals surface area (Å²) in [5.74, 6) is 0.398. The monoisotopic (exact) mass is 336 g/mol. The van der Waals surface area contributed by atoms with Crippen molar-refractivity contribution in [3.8, 4) is 11.8 Å². The predicted molar refractivity (Wildman–Crippen MR) is 87.5 cm³/mol. The number of alkyl carbamates (subject to hydrolysis) is 1. The van der Waals surface area contributed by atoms with Crippen LogP contribution in [0.4, 0.5) is 4.79 Å². The van der Waals surface area contributed by atoms with Crippen LogP contribution in [0.1, 0.15) is 44.4 Å². The lowest BCUT2D eigenvalue weighted by Gasteiger charge is -2.21. The Morgan fingerprint density at radius 2 is 2.04 bits per heavy atom. The second kappa shape index (κ2) is 8.52. The van der Waals surface area contributed by atoms with E-state index in [4.69, 9.17) is 14.7 Å². The smallest absolute Gasteiger partial charge is 0.407 e. The maximum Gasteiger partial charge on any atom is 0.407 e. The molecule has 0 aliphatic carbocycles. The molecule has 3 N–H and O–H groups in total. The van der Waals surface area contributed by atoms with Gasteiger partial charge in [-0.3, -0.25) is 0 Å². The number of nitrogens with zero attached hydrogens (tertiary/aromatic N) is 1. The van der Waals surface area contributed by atoms with Crippen LogP contribution >= 0.6 is 0 Å². The van der Waals surface area contributed by atoms with Gasteiger partial charge in [-0.15, -0.1) is 0 Å². The van der Waals surface area contributed by atoms with Crippen molar-refractivity contribution in [2.45, 2.75) is 45.0 Å². The van der Waals surface area contributed by atoms with Gasteiger partial charge in [0.2, 0.25) is 0 Å². The second-order valence-electron chi connectivity index (χ2n) is 6.30. The number of methoxy groups -OCH3 is 1. The molecule has 1 amide bonds. The summed E-state index contributed by atoms with van der Waals surface area (Å²) in [7, 11) is 1.45. The SMILES string of the molecule is COc1ccc(C(O)C(O)CCNC(=O)OC(C)(C)C)cc1C#N. The molecule has 0 radical (unpaired) electrons. The standard InChI is InChI=1S/C17H24N2O5/c1-17(2,3)24-16(22)19-8-7-13(20)15(21)11-5-6-14(23-4)12(9-11)10-18/h5-6,9,13,15,20-21H,7-8H2,1-4H3,(H,19,22). The quantitative estimate of drug-likeness (QED) is 0.731. The number of hydrogen-bond donors (Lipinski definition) is 3. The molecule has 0 saturated carbocycles. The Morgan fingerprint density at radius 1 is 1.38 bits per heavy atom. The number of hydrogen-bond acceptors (Lipinski definition) is 6. The van der Waals surface area contributed by atoms with Gasteiger partial charge >= 0.3 is 6.09 Å². The third-order valence-corrected chi connectivity index (χ3v) is 3.16. The zero-order valence-electron chi connectivity index (χ0n) is 14.4. The molecule has 0 bridgehead atoms. The van der Waals surface area contributed by atoms with Crippen molar-refractivity contribution >= 4 is 6.09 Å². The molecule has 1 aromatic carbocycles. The molecule has 7 nitrogen and oxygen atoms in total. The molecule has 24 heavy (non-hydrogen) atoms. The van der Waals surface area contributed by atoms with Gasteiger partial charge < -0.3 is 25.0 Å². The molecule has 0 fully saturated rings. The maximum absolute atomic E-state index is 11.5. The van der Waals surface area contributed by atoms with E-state index in [0.29, 0.717) is 11.3 Å². The van der Waals surface area contributed by atoms with E-state index >= 15 is 0 Å². The number of carbonyl (C=O) groups excluding carboxylic acids is 1. The van der Waals surface area contributed by atoms with E-state index in [1.807, 2.05) is 6.07 Å². The van der Waals surface area contributed by atoms with Crippen molar-refractivity contribution in [3.63, 3.8) is 0 Å². The van der Waals surface area contributed by atoms with Gasteiger partial charge in [-0.25, -0.2) is 4.79 Å². The van der Waals surface area contributed by atoms with Gasteiger partial charge in [0.1, 0.15) is 23.5 Å². The number of benzene rings is 1. The largest absolute Gasteiger partial charge is 0.495 e. The first-order valence-corrected chi connectivity index (χ1v) is 7.59. The highest BCUT2D eigenvalue weighted by atomic mass is 16.6. The van der Waals surface area contributed by atoms with Crippen molar-refractivity contribution in [2.24, 2.45) is 0 Å². The van der Waals surface area contributed by atoms with Crippen LogP contribution < -0.4 is 10.1 Å². The van der Waals surface area contributed by atoms with E-state index in [0.717, 1.165) is 0 Å². The summed E-state index contributed by atoms with van der Waals surface area (Å²) < 4.78 is 10.1. The fourth-order valence-corrected chi connectivity index (χ4v) is 2.01. The van der Waals surface area contributed by atoms with Gasteiger partial charge in [0, 0.05) is 6.54 Å². The van der Waals surface area contributed by atoms with E-state index in [1.54, 1.807) is 32.9 Å². The number of aliphatic hydroxyl groups excluding tert-OH is 2. The topological polar surface area (TPSA) is 112 Å². The molecule has 7 heteroatoms. The molecule has 0 aliphatic rings. The van der Waals surface area contributed by atoms with Crippen LogP contribution in [0.5, 0.6) is 5.75 Å². The lowest BCUT2D eigenvalue weighted by atomic mass is 10.00. The van der Waals surface area contributed by atoms with Crippen LogP contribution in [0.25, 0.3) is 0 Å². The summed E-state index contributed by atoms with van der Waals surface area (Å²) in [6, 6.07) is 6.57. The normalized spacial score (nSPS) is 13.5. The Balaban J connectivity index is 2.58. The average molecular weight is 336 g/mol. The van der Waals surface area contributed by atoms with Gasteiger partial charge in [-0.05, 0) is 44.9 Å². The van der Waals surface area contributed by atoms with Gasteiger partial charge in [-0.1, -0.05) is 6.07 Å². The minimum Gasteiger partial charge on any atom is -0.495 e. The molecular weight excluding hydrogens is 312 g/mol. The number of aliphatic hydroxyl groups is 2. The Bertz CT molecular complexity index is 604. The summed E-state index contributed by atoms with van der Waals surface area (Å²) in [4.78, 5) is 11.5. The van der Waals surface area contributed by atoms with Gasteiger partial charge in [0.05, 0.1) is 18.8 Å². The fourth-order valence-electron chi connectivity index (χ4n) is 2.01. The highest BCUT2D eigenvalue weighted by Gasteiger charge is 2.21. The first-order chi connectivity index (χ1) is 11.2. The van der Waals surface area contributed by atoms with E-state index < -0.39 is 23.9 Å². The number of carbonyl (C=O) groups is 1. The number of rotatable bonds is 6. The average Bonchev–Trinajstić information content (AvgIpc) is 2.51. The fraction of sp³-hybridized carbons (Fsp3) is 0.529. The van der Waals surface area contributed by atoms with Crippen LogP contribution in [0.15, 0.2) is 18.2 Å². The van der Waals surface area contributed by atoms with Crippen LogP contribution in [-0.4, -0.2) is 41.7 Å². The van der Waals surface area contributed by atoms with Crippen molar-refractivity contribution in [1.82, 2.24) is 5.32 Å². The molecule has 0 aliphatic heterocycles. The second-order valence-corrected chi connectivity index (χ2v) is 6.30. The lowest BCUT2D eigenvalue weighted by Crippen LogP contribution is -2.34. The molecule has 132 valence electrons. The Kier molecular flexibility index (Phi) is 7.01. The minimum absolute atomic E-state index is 0.133. The first kappa shape index (κ1) is 19.7. The van der Waals surface area contributed by atoms with Crippen molar-refractivity contribution in [1.29, 1.82) is 5.26 Å². The van der Waals surface area contributed by atoms with E-state index in [-0.39, 0.29) is 18.5 Å². The Hall–Kier alpha value is -2.30. The van der Waals surface area contributed by atoms with Crippen molar-refractivity contribution in [2.75, 3.05) is 13.7 Å². The van der Waals surface area contributed by atoms with Gasteiger partial charge in [-0.2, -0.15) is 5.26 Å². The zero-order chi connectivity index (χ0) is 18.3. The van der Waals surface area contributed by atoms with Gasteiger partial charge in [0.25, 0.3) is 0 Å². The predicted octanol–water partition coefficient (Wildman–Crippen LogP) is 1.88. The van der Waals surface area contributed by atoms with Crippen molar-refractivity contribution in [3.05, 3.63) is 29.3 Å². The lowest BCUT2D eigenvalue weighted by molar-refractivity contribution is 0.0123. The first-order valence-electron chi connectivity index (χ1n) is 7.59. The summed E-state index contributed by atoms with van der Waals surface area (Å²) in [6.45, 7) is 5.40. The highest BCUT2D eigenvalue weighted by Crippen LogP contribution is 2.25. The third kappa shape index (κ3) is 6.07. The van der Waals surface area contributed by atoms with Crippen molar-refractivity contribution < 1.29 is 24.5 Å². The Morgan fingerprint density at radius 3 is 2.58 bits per heavy atom. The molecule has 1 aromatic rings. The van der Waals surface area contributed by atoms with Crippen LogP contribution in [0.3, 0.4) is 0 Å². The van der Waals surface area contributed by atoms with Crippen LogP contribution in [-0.2, 0) is 4.74 Å². The number of ether oxygens (including phenoxy) is 2. The highest BCUT2D eigenvalue weighted by molar-refractivity contribution is 5.67. The summed E-state index contributed by atoms with van der Waals surface area (Å²) >= 11 is 0. The molecule has 0 spiro atoms. The third-order valence-electron chi connectivity index (χ3n) is 3.16. The zero-order valence-corrected chi connectivity index (χ0v) is 14.4. The molecule has 0 aromatic heterocycles. The number of nitriles is 1. The van der Waals surface area contributed by atoms with Crippen LogP contribution in [0, 0.1) is 11.3 Å². The van der Waals surface area contributed by atoms with E-state index in [2.05, 4.69) is 5.32 Å². The number of nitrogens with one attached hydrogen (secondary N) is 1. The summed E-state index contributed by atoms with van der Waals surface area (Å²) in [5, 5.41) is 31.8. The van der Waals surface area contributed by atoms with E-state index in [1.165, 1.54) is 13.2 Å². The van der Waals surface area contributed by atoms with Crippen LogP contribution in [0.2, 0.25) is 0 Å². The number of amides is 1. The molecule has 1 rings (SSSR count). The summed E-state index contributed by atoms with van der Waals surface area (Å²) in [6.07, 6.45) is -2.72. The molecule has 2 atom stereocenters. The molecule has 0 heterocycles. The Labute approximate surface area is 141 Å².